The molecule has 1 unspecified atom stereocenters. The van der Waals surface area contributed by atoms with Crippen molar-refractivity contribution >= 4 is 23.6 Å². The monoisotopic (exact) mass is 557 g/mol. The summed E-state index contributed by atoms with van der Waals surface area (Å²) in [7, 11) is 1.33. The van der Waals surface area contributed by atoms with E-state index < -0.39 is 12.0 Å². The predicted octanol–water partition coefficient (Wildman–Crippen LogP) is 6.97. The number of nitrogens with one attached hydrogen (secondary N) is 1. The number of thioether (sulfide) groups is 1. The van der Waals surface area contributed by atoms with Gasteiger partial charge in [0.15, 0.2) is 0 Å². The lowest BCUT2D eigenvalue weighted by molar-refractivity contribution is -0.142. The molecule has 0 spiro atoms. The maximum absolute atomic E-state index is 13.4. The molecule has 1 N–H and O–H groups in total. The van der Waals surface area contributed by atoms with Gasteiger partial charge in [0.25, 0.3) is 5.91 Å². The standard InChI is InChI=1S/C33H35NO5S/c1-22-8-7-10-25(18-22)31-15-13-26(39-31)21-38-20-24-12-14-28(29(19-24)27-11-6-5-9-23(27)2)32(35)34-30(16-17-40-4)33(36)37-3/h5-15,18-19,30H,16-17,20-21H2,1-4H3,(H,34,35). The fourth-order valence-corrected chi connectivity index (χ4v) is 4.99. The molecule has 3 aromatic carbocycles. The zero-order valence-corrected chi connectivity index (χ0v) is 24.2. The second-order valence-electron chi connectivity index (χ2n) is 9.65. The third kappa shape index (κ3) is 7.43. The number of hydrogen-bond donors (Lipinski definition) is 1. The summed E-state index contributed by atoms with van der Waals surface area (Å²) in [4.78, 5) is 25.7. The number of esters is 1. The molecule has 1 atom stereocenters. The molecule has 0 saturated heterocycles. The molecule has 4 rings (SSSR count). The Bertz CT molecular complexity index is 1460. The Labute approximate surface area is 240 Å². The van der Waals surface area contributed by atoms with Crippen molar-refractivity contribution in [3.05, 3.63) is 107 Å². The number of methoxy groups -OCH3 is 1. The summed E-state index contributed by atoms with van der Waals surface area (Å²) in [5.74, 6) is 1.51. The Morgan fingerprint density at radius 3 is 2.50 bits per heavy atom. The lowest BCUT2D eigenvalue weighted by Crippen LogP contribution is -2.42. The lowest BCUT2D eigenvalue weighted by atomic mass is 9.93. The second kappa shape index (κ2) is 14.0. The Morgan fingerprint density at radius 2 is 1.75 bits per heavy atom. The largest absolute Gasteiger partial charge is 0.467 e. The zero-order valence-electron chi connectivity index (χ0n) is 23.4. The SMILES string of the molecule is COC(=O)C(CCSC)NC(=O)c1ccc(COCc2ccc(-c3cccc(C)c3)o2)cc1-c1ccccc1C. The first-order chi connectivity index (χ1) is 19.4. The molecule has 40 heavy (non-hydrogen) atoms. The zero-order chi connectivity index (χ0) is 28.5. The summed E-state index contributed by atoms with van der Waals surface area (Å²) < 4.78 is 16.9. The van der Waals surface area contributed by atoms with E-state index in [1.165, 1.54) is 12.7 Å². The van der Waals surface area contributed by atoms with Crippen molar-refractivity contribution < 1.29 is 23.5 Å². The fraction of sp³-hybridized carbons (Fsp3) is 0.273. The van der Waals surface area contributed by atoms with Crippen LogP contribution in [0, 0.1) is 13.8 Å². The smallest absolute Gasteiger partial charge is 0.328 e. The van der Waals surface area contributed by atoms with Gasteiger partial charge in [-0.25, -0.2) is 4.79 Å². The number of ether oxygens (including phenoxy) is 2. The minimum absolute atomic E-state index is 0.318. The molecule has 0 aliphatic rings. The quantitative estimate of drug-likeness (QED) is 0.190. The summed E-state index contributed by atoms with van der Waals surface area (Å²) in [5, 5.41) is 2.88. The van der Waals surface area contributed by atoms with Gasteiger partial charge in [-0.05, 0) is 84.9 Å². The van der Waals surface area contributed by atoms with Crippen molar-refractivity contribution in [3.63, 3.8) is 0 Å². The van der Waals surface area contributed by atoms with Gasteiger partial charge in [0.1, 0.15) is 24.2 Å². The molecule has 1 amide bonds. The van der Waals surface area contributed by atoms with Crippen LogP contribution < -0.4 is 5.32 Å². The van der Waals surface area contributed by atoms with Gasteiger partial charge in [-0.2, -0.15) is 11.8 Å². The number of aryl methyl sites for hydroxylation is 2. The number of rotatable bonds is 12. The van der Waals surface area contributed by atoms with Gasteiger partial charge >= 0.3 is 5.97 Å². The number of benzene rings is 3. The van der Waals surface area contributed by atoms with Crippen molar-refractivity contribution in [2.75, 3.05) is 19.1 Å². The number of hydrogen-bond acceptors (Lipinski definition) is 6. The van der Waals surface area contributed by atoms with E-state index in [-0.39, 0.29) is 5.91 Å². The first-order valence-electron chi connectivity index (χ1n) is 13.2. The second-order valence-corrected chi connectivity index (χ2v) is 10.6. The molecule has 0 saturated carbocycles. The first-order valence-corrected chi connectivity index (χ1v) is 14.6. The summed E-state index contributed by atoms with van der Waals surface area (Å²) >= 11 is 1.61. The topological polar surface area (TPSA) is 77.8 Å². The van der Waals surface area contributed by atoms with Crippen molar-refractivity contribution in [2.24, 2.45) is 0 Å². The molecule has 208 valence electrons. The molecular weight excluding hydrogens is 522 g/mol. The number of amides is 1. The lowest BCUT2D eigenvalue weighted by Gasteiger charge is -2.19. The Balaban J connectivity index is 1.51. The Morgan fingerprint density at radius 1 is 0.925 bits per heavy atom. The van der Waals surface area contributed by atoms with Gasteiger partial charge in [-0.1, -0.05) is 54.1 Å². The van der Waals surface area contributed by atoms with Crippen LogP contribution in [0.4, 0.5) is 0 Å². The molecule has 6 nitrogen and oxygen atoms in total. The van der Waals surface area contributed by atoms with Gasteiger partial charge in [0.2, 0.25) is 0 Å². The number of furan rings is 1. The minimum Gasteiger partial charge on any atom is -0.467 e. The van der Waals surface area contributed by atoms with E-state index in [2.05, 4.69) is 24.4 Å². The van der Waals surface area contributed by atoms with Crippen molar-refractivity contribution in [2.45, 2.75) is 39.5 Å². The van der Waals surface area contributed by atoms with Crippen LogP contribution in [0.25, 0.3) is 22.5 Å². The van der Waals surface area contributed by atoms with E-state index in [1.54, 1.807) is 17.8 Å². The Kier molecular flexibility index (Phi) is 10.2. The normalized spacial score (nSPS) is 11.7. The number of carbonyl (C=O) groups is 2. The van der Waals surface area contributed by atoms with E-state index in [9.17, 15) is 9.59 Å². The number of carbonyl (C=O) groups excluding carboxylic acids is 2. The van der Waals surface area contributed by atoms with Crippen molar-refractivity contribution in [1.82, 2.24) is 5.32 Å². The average Bonchev–Trinajstić information content (AvgIpc) is 3.44. The first kappa shape index (κ1) is 29.2. The van der Waals surface area contributed by atoms with Gasteiger partial charge in [0, 0.05) is 11.1 Å². The van der Waals surface area contributed by atoms with Gasteiger partial charge in [0.05, 0.1) is 13.7 Å². The highest BCUT2D eigenvalue weighted by Crippen LogP contribution is 2.29. The van der Waals surface area contributed by atoms with E-state index in [4.69, 9.17) is 13.9 Å². The van der Waals surface area contributed by atoms with Crippen LogP contribution in [0.15, 0.2) is 83.3 Å². The van der Waals surface area contributed by atoms with Crippen LogP contribution in [0.1, 0.15) is 39.2 Å². The highest BCUT2D eigenvalue weighted by Gasteiger charge is 2.24. The van der Waals surface area contributed by atoms with E-state index in [1.807, 2.05) is 73.8 Å². The van der Waals surface area contributed by atoms with Crippen LogP contribution in [-0.2, 0) is 27.5 Å². The van der Waals surface area contributed by atoms with Crippen LogP contribution >= 0.6 is 11.8 Å². The average molecular weight is 558 g/mol. The van der Waals surface area contributed by atoms with Crippen LogP contribution in [0.5, 0.6) is 0 Å². The molecule has 0 fully saturated rings. The third-order valence-electron chi connectivity index (χ3n) is 6.64. The molecule has 1 heterocycles. The van der Waals surface area contributed by atoms with Gasteiger partial charge in [-0.3, -0.25) is 4.79 Å². The third-order valence-corrected chi connectivity index (χ3v) is 7.29. The summed E-state index contributed by atoms with van der Waals surface area (Å²) in [5.41, 5.74) is 6.39. The highest BCUT2D eigenvalue weighted by molar-refractivity contribution is 7.98. The molecule has 7 heteroatoms. The van der Waals surface area contributed by atoms with E-state index in [0.29, 0.717) is 25.2 Å². The summed E-state index contributed by atoms with van der Waals surface area (Å²) in [6, 6.07) is 24.9. The Hall–Kier alpha value is -3.81. The van der Waals surface area contributed by atoms with Crippen LogP contribution in [0.3, 0.4) is 0 Å². The van der Waals surface area contributed by atoms with Crippen molar-refractivity contribution in [1.29, 1.82) is 0 Å². The molecule has 0 bridgehead atoms. The maximum atomic E-state index is 13.4. The van der Waals surface area contributed by atoms with Gasteiger partial charge < -0.3 is 19.2 Å². The summed E-state index contributed by atoms with van der Waals surface area (Å²) in [6.45, 7) is 4.74. The van der Waals surface area contributed by atoms with E-state index >= 15 is 0 Å². The molecule has 4 aromatic rings. The van der Waals surface area contributed by atoms with Crippen LogP contribution in [0.2, 0.25) is 0 Å². The van der Waals surface area contributed by atoms with E-state index in [0.717, 1.165) is 45.1 Å². The molecule has 0 aliphatic heterocycles. The molecule has 0 radical (unpaired) electrons. The molecule has 0 aliphatic carbocycles. The molecule has 1 aromatic heterocycles. The molecular formula is C33H35NO5S. The van der Waals surface area contributed by atoms with Crippen molar-refractivity contribution in [3.8, 4) is 22.5 Å². The highest BCUT2D eigenvalue weighted by atomic mass is 32.2. The fourth-order valence-electron chi connectivity index (χ4n) is 4.52. The van der Waals surface area contributed by atoms with Gasteiger partial charge in [-0.15, -0.1) is 0 Å². The van der Waals surface area contributed by atoms with Crippen LogP contribution in [-0.4, -0.2) is 37.0 Å². The summed E-state index contributed by atoms with van der Waals surface area (Å²) in [6.07, 6.45) is 2.45. The maximum Gasteiger partial charge on any atom is 0.328 e. The minimum atomic E-state index is -0.712. The predicted molar refractivity (Wildman–Crippen MR) is 160 cm³/mol.